The van der Waals surface area contributed by atoms with E-state index in [0.717, 1.165) is 25.1 Å². The molecule has 1 N–H and O–H groups in total. The Morgan fingerprint density at radius 3 is 2.78 bits per heavy atom. The lowest BCUT2D eigenvalue weighted by Crippen LogP contribution is -2.40. The second kappa shape index (κ2) is 7.04. The maximum atomic E-state index is 13.8. The van der Waals surface area contributed by atoms with Crippen LogP contribution in [0.1, 0.15) is 18.9 Å². The summed E-state index contributed by atoms with van der Waals surface area (Å²) in [5.41, 5.74) is 0.720. The predicted molar refractivity (Wildman–Crippen MR) is 87.5 cm³/mol. The van der Waals surface area contributed by atoms with Gasteiger partial charge in [-0.25, -0.2) is 13.8 Å². The first-order valence-corrected chi connectivity index (χ1v) is 7.98. The van der Waals surface area contributed by atoms with Crippen LogP contribution >= 0.6 is 0 Å². The van der Waals surface area contributed by atoms with Gasteiger partial charge >= 0.3 is 0 Å². The van der Waals surface area contributed by atoms with Gasteiger partial charge in [0.15, 0.2) is 11.6 Å². The van der Waals surface area contributed by atoms with Crippen LogP contribution in [0.15, 0.2) is 42.6 Å². The van der Waals surface area contributed by atoms with Crippen molar-refractivity contribution in [1.82, 2.24) is 10.3 Å². The maximum absolute atomic E-state index is 13.8. The second-order valence-electron chi connectivity index (χ2n) is 6.10. The zero-order valence-electron chi connectivity index (χ0n) is 13.2. The van der Waals surface area contributed by atoms with Gasteiger partial charge in [0.25, 0.3) is 0 Å². The molecule has 0 spiro atoms. The molecule has 0 saturated carbocycles. The Kier molecular flexibility index (Phi) is 4.86. The van der Waals surface area contributed by atoms with E-state index < -0.39 is 0 Å². The number of hydrogen-bond acceptors (Lipinski definition) is 3. The lowest BCUT2D eigenvalue weighted by Gasteiger charge is -2.21. The average Bonchev–Trinajstić information content (AvgIpc) is 2.98. The van der Waals surface area contributed by atoms with E-state index in [4.69, 9.17) is 0 Å². The Balaban J connectivity index is 1.56. The van der Waals surface area contributed by atoms with E-state index >= 15 is 0 Å². The molecule has 1 aliphatic heterocycles. The first kappa shape index (κ1) is 15.9. The monoisotopic (exact) mass is 317 g/mol. The van der Waals surface area contributed by atoms with Crippen molar-refractivity contribution in [3.05, 3.63) is 59.8 Å². The highest BCUT2D eigenvalue weighted by Gasteiger charge is 2.26. The van der Waals surface area contributed by atoms with Crippen LogP contribution in [0.3, 0.4) is 0 Å². The van der Waals surface area contributed by atoms with Crippen molar-refractivity contribution in [2.45, 2.75) is 31.8 Å². The van der Waals surface area contributed by atoms with Crippen LogP contribution in [0.2, 0.25) is 0 Å². The lowest BCUT2D eigenvalue weighted by atomic mass is 10.1. The Hall–Kier alpha value is -2.01. The lowest BCUT2D eigenvalue weighted by molar-refractivity contribution is 0.459. The number of halogens is 2. The molecule has 0 bridgehead atoms. The number of anilines is 1. The molecule has 1 saturated heterocycles. The molecule has 3 nitrogen and oxygen atoms in total. The van der Waals surface area contributed by atoms with Gasteiger partial charge in [-0.05, 0) is 43.5 Å². The van der Waals surface area contributed by atoms with E-state index in [9.17, 15) is 8.78 Å². The van der Waals surface area contributed by atoms with Crippen LogP contribution in [-0.4, -0.2) is 30.2 Å². The van der Waals surface area contributed by atoms with Gasteiger partial charge in [0, 0.05) is 31.4 Å². The third-order valence-corrected chi connectivity index (χ3v) is 4.23. The number of nitrogens with one attached hydrogen (secondary N) is 1. The standard InChI is InChI=1S/C18H21F2N3/c1-13(11-14-5-2-3-6-16(14)19)22-15-8-10-23(12-15)18-17(20)7-4-9-21-18/h2-7,9,13,15,22H,8,10-12H2,1H3/t13-,15-/m0/s1. The van der Waals surface area contributed by atoms with Crippen LogP contribution in [0.5, 0.6) is 0 Å². The van der Waals surface area contributed by atoms with Crippen molar-refractivity contribution in [3.8, 4) is 0 Å². The minimum absolute atomic E-state index is 0.158. The van der Waals surface area contributed by atoms with Gasteiger partial charge in [0.05, 0.1) is 0 Å². The van der Waals surface area contributed by atoms with Crippen LogP contribution in [0.4, 0.5) is 14.6 Å². The summed E-state index contributed by atoms with van der Waals surface area (Å²) in [7, 11) is 0. The fourth-order valence-corrected chi connectivity index (χ4v) is 3.15. The SMILES string of the molecule is C[C@@H](Cc1ccccc1F)N[C@H]1CCN(c2ncccc2F)C1. The summed E-state index contributed by atoms with van der Waals surface area (Å²) in [5, 5.41) is 3.52. The highest BCUT2D eigenvalue weighted by molar-refractivity contribution is 5.41. The van der Waals surface area contributed by atoms with Crippen molar-refractivity contribution in [2.75, 3.05) is 18.0 Å². The van der Waals surface area contributed by atoms with Crippen molar-refractivity contribution in [3.63, 3.8) is 0 Å². The highest BCUT2D eigenvalue weighted by Crippen LogP contribution is 2.21. The first-order valence-electron chi connectivity index (χ1n) is 7.98. The van der Waals surface area contributed by atoms with Crippen LogP contribution in [0.25, 0.3) is 0 Å². The van der Waals surface area contributed by atoms with Gasteiger partial charge in [-0.2, -0.15) is 0 Å². The molecule has 1 aromatic carbocycles. The van der Waals surface area contributed by atoms with E-state index in [2.05, 4.69) is 17.2 Å². The molecule has 0 amide bonds. The molecule has 122 valence electrons. The van der Waals surface area contributed by atoms with E-state index in [-0.39, 0.29) is 23.7 Å². The normalized spacial score (nSPS) is 19.1. The van der Waals surface area contributed by atoms with Gasteiger partial charge in [-0.3, -0.25) is 0 Å². The molecule has 1 fully saturated rings. The number of rotatable bonds is 5. The predicted octanol–water partition coefficient (Wildman–Crippen LogP) is 3.16. The van der Waals surface area contributed by atoms with Crippen molar-refractivity contribution >= 4 is 5.82 Å². The molecule has 2 heterocycles. The van der Waals surface area contributed by atoms with Crippen molar-refractivity contribution < 1.29 is 8.78 Å². The van der Waals surface area contributed by atoms with Crippen molar-refractivity contribution in [2.24, 2.45) is 0 Å². The number of nitrogens with zero attached hydrogens (tertiary/aromatic N) is 2. The third kappa shape index (κ3) is 3.85. The molecule has 2 atom stereocenters. The fourth-order valence-electron chi connectivity index (χ4n) is 3.15. The van der Waals surface area contributed by atoms with Gasteiger partial charge in [-0.1, -0.05) is 18.2 Å². The van der Waals surface area contributed by atoms with E-state index in [1.54, 1.807) is 18.3 Å². The topological polar surface area (TPSA) is 28.2 Å². The second-order valence-corrected chi connectivity index (χ2v) is 6.10. The molecular weight excluding hydrogens is 296 g/mol. The highest BCUT2D eigenvalue weighted by atomic mass is 19.1. The maximum Gasteiger partial charge on any atom is 0.165 e. The first-order chi connectivity index (χ1) is 11.1. The Morgan fingerprint density at radius 1 is 1.22 bits per heavy atom. The molecule has 0 radical (unpaired) electrons. The number of pyridine rings is 1. The fraction of sp³-hybridized carbons (Fsp3) is 0.389. The minimum atomic E-state index is -0.285. The summed E-state index contributed by atoms with van der Waals surface area (Å²) in [4.78, 5) is 6.09. The van der Waals surface area contributed by atoms with E-state index in [1.807, 2.05) is 17.0 Å². The summed E-state index contributed by atoms with van der Waals surface area (Å²) >= 11 is 0. The zero-order valence-corrected chi connectivity index (χ0v) is 13.2. The quantitative estimate of drug-likeness (QED) is 0.918. The van der Waals surface area contributed by atoms with Crippen LogP contribution in [-0.2, 0) is 6.42 Å². The van der Waals surface area contributed by atoms with Gasteiger partial charge in [0.1, 0.15) is 5.82 Å². The van der Waals surface area contributed by atoms with Gasteiger partial charge in [-0.15, -0.1) is 0 Å². The van der Waals surface area contributed by atoms with Crippen molar-refractivity contribution in [1.29, 1.82) is 0 Å². The molecular formula is C18H21F2N3. The number of benzene rings is 1. The molecule has 2 aromatic rings. The largest absolute Gasteiger partial charge is 0.353 e. The Morgan fingerprint density at radius 2 is 2.00 bits per heavy atom. The number of aromatic nitrogens is 1. The Bertz CT molecular complexity index is 662. The minimum Gasteiger partial charge on any atom is -0.353 e. The van der Waals surface area contributed by atoms with Gasteiger partial charge in [0.2, 0.25) is 0 Å². The summed E-state index contributed by atoms with van der Waals surface area (Å²) in [6.07, 6.45) is 3.18. The molecule has 1 aromatic heterocycles. The molecule has 3 rings (SSSR count). The molecule has 0 unspecified atom stereocenters. The summed E-state index contributed by atoms with van der Waals surface area (Å²) in [6, 6.07) is 10.3. The molecule has 0 aliphatic carbocycles. The molecule has 5 heteroatoms. The average molecular weight is 317 g/mol. The van der Waals surface area contributed by atoms with E-state index in [0.29, 0.717) is 12.2 Å². The van der Waals surface area contributed by atoms with E-state index in [1.165, 1.54) is 12.1 Å². The van der Waals surface area contributed by atoms with Gasteiger partial charge < -0.3 is 10.2 Å². The zero-order chi connectivity index (χ0) is 16.2. The number of hydrogen-bond donors (Lipinski definition) is 1. The summed E-state index contributed by atoms with van der Waals surface area (Å²) in [6.45, 7) is 3.55. The summed E-state index contributed by atoms with van der Waals surface area (Å²) in [5.74, 6) is -0.0316. The van der Waals surface area contributed by atoms with Crippen LogP contribution < -0.4 is 10.2 Å². The van der Waals surface area contributed by atoms with Crippen LogP contribution in [0, 0.1) is 11.6 Å². The smallest absolute Gasteiger partial charge is 0.165 e. The molecule has 1 aliphatic rings. The summed E-state index contributed by atoms with van der Waals surface area (Å²) < 4.78 is 27.5. The molecule has 23 heavy (non-hydrogen) atoms. The third-order valence-electron chi connectivity index (χ3n) is 4.23. The Labute approximate surface area is 135 Å².